The van der Waals surface area contributed by atoms with Gasteiger partial charge in [0.15, 0.2) is 15.8 Å². The van der Waals surface area contributed by atoms with Gasteiger partial charge < -0.3 is 20.1 Å². The highest BCUT2D eigenvalue weighted by Crippen LogP contribution is 2.53. The molecule has 1 unspecified atom stereocenters. The highest BCUT2D eigenvalue weighted by Gasteiger charge is 2.56. The van der Waals surface area contributed by atoms with Crippen molar-refractivity contribution in [3.8, 4) is 5.75 Å². The SMILES string of the molecule is CC(=O)[C@H](C)CP(=O)(OC[C@H]1O[C@@H](c2cnc3c(N)ncnn23)C(Cl)(Cl)[C@H]1O)Oc1ccccc1. The Morgan fingerprint density at radius 3 is 2.74 bits per heavy atom. The fraction of sp³-hybridized carbons (Fsp3) is 0.429. The number of aromatic nitrogens is 4. The molecule has 5 atom stereocenters. The number of hydrogen-bond donors (Lipinski definition) is 2. The Kier molecular flexibility index (Phi) is 7.38. The number of halogens is 2. The number of fused-ring (bicyclic) bond motifs is 1. The van der Waals surface area contributed by atoms with E-state index in [9.17, 15) is 14.5 Å². The molecule has 3 aromatic rings. The number of aliphatic hydroxyl groups is 1. The van der Waals surface area contributed by atoms with Gasteiger partial charge in [0.2, 0.25) is 0 Å². The number of ether oxygens (including phenoxy) is 1. The third kappa shape index (κ3) is 5.30. The van der Waals surface area contributed by atoms with Gasteiger partial charge in [-0.15, -0.1) is 0 Å². The summed E-state index contributed by atoms with van der Waals surface area (Å²) in [5, 5.41) is 14.9. The Bertz CT molecular complexity index is 1260. The Morgan fingerprint density at radius 1 is 1.34 bits per heavy atom. The molecule has 1 aliphatic rings. The predicted molar refractivity (Wildman–Crippen MR) is 129 cm³/mol. The van der Waals surface area contributed by atoms with Gasteiger partial charge in [0.25, 0.3) is 0 Å². The van der Waals surface area contributed by atoms with Crippen molar-refractivity contribution >= 4 is 48.0 Å². The fourth-order valence-electron chi connectivity index (χ4n) is 3.58. The number of nitrogens with zero attached hydrogens (tertiary/aromatic N) is 4. The molecule has 1 fully saturated rings. The lowest BCUT2D eigenvalue weighted by atomic mass is 10.1. The monoisotopic (exact) mass is 543 g/mol. The zero-order valence-corrected chi connectivity index (χ0v) is 21.2. The first-order valence-electron chi connectivity index (χ1n) is 10.7. The summed E-state index contributed by atoms with van der Waals surface area (Å²) in [6, 6.07) is 8.44. The maximum Gasteiger partial charge on any atom is 0.379 e. The molecule has 0 amide bonds. The Balaban J connectivity index is 1.55. The van der Waals surface area contributed by atoms with Gasteiger partial charge in [-0.2, -0.15) is 5.10 Å². The van der Waals surface area contributed by atoms with Crippen LogP contribution in [0.5, 0.6) is 5.75 Å². The Morgan fingerprint density at radius 2 is 2.06 bits per heavy atom. The number of anilines is 1. The predicted octanol–water partition coefficient (Wildman–Crippen LogP) is 3.20. The van der Waals surface area contributed by atoms with Crippen LogP contribution in [0, 0.1) is 5.92 Å². The van der Waals surface area contributed by atoms with E-state index < -0.39 is 36.2 Å². The van der Waals surface area contributed by atoms with Gasteiger partial charge in [-0.25, -0.2) is 19.0 Å². The number of Topliss-reactive ketones (excluding diaryl/α,β-unsaturated/α-hetero) is 1. The van der Waals surface area contributed by atoms with Gasteiger partial charge in [0, 0.05) is 5.92 Å². The number of nitrogens with two attached hydrogens (primary N) is 1. The molecule has 0 spiro atoms. The first-order chi connectivity index (χ1) is 16.5. The number of rotatable bonds is 9. The average Bonchev–Trinajstić information content (AvgIpc) is 3.32. The van der Waals surface area contributed by atoms with Crippen LogP contribution in [0.25, 0.3) is 5.65 Å². The molecule has 1 saturated heterocycles. The van der Waals surface area contributed by atoms with Crippen LogP contribution in [0.1, 0.15) is 25.6 Å². The number of ketones is 1. The standard InChI is InChI=1S/C21H24Cl2N5O6P/c1-12(13(2)29)10-35(31,34-14-6-4-3-5-7-14)32-9-16-17(30)21(22,23)18(33-16)15-8-25-20-19(24)26-11-27-28(15)20/h3-8,11-12,16-18,30H,9-10H2,1-2H3,(H2,24,26,27)/t12-,16-,17+,18+,35?/m1/s1. The number of benzene rings is 1. The highest BCUT2D eigenvalue weighted by atomic mass is 35.5. The summed E-state index contributed by atoms with van der Waals surface area (Å²) < 4.78 is 30.4. The number of nitrogen functional groups attached to an aromatic ring is 1. The van der Waals surface area contributed by atoms with Gasteiger partial charge in [-0.05, 0) is 19.1 Å². The summed E-state index contributed by atoms with van der Waals surface area (Å²) in [7, 11) is -3.85. The second-order valence-corrected chi connectivity index (χ2v) is 11.7. The molecule has 0 radical (unpaired) electrons. The number of alkyl halides is 2. The van der Waals surface area contributed by atoms with Gasteiger partial charge in [0.1, 0.15) is 36.2 Å². The van der Waals surface area contributed by atoms with Crippen LogP contribution in [-0.2, 0) is 18.6 Å². The second kappa shape index (κ2) is 10.0. The van der Waals surface area contributed by atoms with Crippen LogP contribution in [0.3, 0.4) is 0 Å². The van der Waals surface area contributed by atoms with Crippen molar-refractivity contribution in [1.82, 2.24) is 19.6 Å². The molecule has 188 valence electrons. The summed E-state index contributed by atoms with van der Waals surface area (Å²) in [4.78, 5) is 19.9. The molecular weight excluding hydrogens is 520 g/mol. The van der Waals surface area contributed by atoms with E-state index in [0.29, 0.717) is 11.4 Å². The molecule has 3 N–H and O–H groups in total. The smallest absolute Gasteiger partial charge is 0.379 e. The van der Waals surface area contributed by atoms with E-state index >= 15 is 0 Å². The molecule has 4 rings (SSSR count). The lowest BCUT2D eigenvalue weighted by Crippen LogP contribution is -2.37. The summed E-state index contributed by atoms with van der Waals surface area (Å²) >= 11 is 13.0. The normalized spacial score (nSPS) is 24.2. The summed E-state index contributed by atoms with van der Waals surface area (Å²) in [6.07, 6.45) is -1.12. The zero-order valence-electron chi connectivity index (χ0n) is 18.8. The van der Waals surface area contributed by atoms with Crippen molar-refractivity contribution in [2.24, 2.45) is 5.92 Å². The quantitative estimate of drug-likeness (QED) is 0.304. The summed E-state index contributed by atoms with van der Waals surface area (Å²) in [5.74, 6) is -0.310. The largest absolute Gasteiger partial charge is 0.424 e. The molecule has 2 aromatic heterocycles. The minimum atomic E-state index is -3.85. The van der Waals surface area contributed by atoms with E-state index in [2.05, 4.69) is 15.1 Å². The average molecular weight is 544 g/mol. The third-order valence-corrected chi connectivity index (χ3v) is 8.52. The summed E-state index contributed by atoms with van der Waals surface area (Å²) in [6.45, 7) is 2.65. The van der Waals surface area contributed by atoms with Gasteiger partial charge in [-0.3, -0.25) is 9.32 Å². The van der Waals surface area contributed by atoms with E-state index in [4.69, 9.17) is 42.7 Å². The van der Waals surface area contributed by atoms with Crippen molar-refractivity contribution in [2.75, 3.05) is 18.5 Å². The molecule has 14 heteroatoms. The van der Waals surface area contributed by atoms with Crippen LogP contribution < -0.4 is 10.3 Å². The van der Waals surface area contributed by atoms with Crippen molar-refractivity contribution in [3.63, 3.8) is 0 Å². The fourth-order valence-corrected chi connectivity index (χ4v) is 6.17. The van der Waals surface area contributed by atoms with E-state index in [1.165, 1.54) is 24.0 Å². The minimum Gasteiger partial charge on any atom is -0.424 e. The van der Waals surface area contributed by atoms with Crippen LogP contribution in [-0.4, -0.2) is 59.8 Å². The highest BCUT2D eigenvalue weighted by molar-refractivity contribution is 7.54. The molecule has 1 aliphatic heterocycles. The lowest BCUT2D eigenvalue weighted by molar-refractivity contribution is -0.119. The number of aliphatic hydroxyl groups excluding tert-OH is 1. The molecule has 0 bridgehead atoms. The molecule has 0 aliphatic carbocycles. The van der Waals surface area contributed by atoms with Crippen molar-refractivity contribution < 1.29 is 28.3 Å². The van der Waals surface area contributed by atoms with Crippen LogP contribution in [0.4, 0.5) is 5.82 Å². The molecule has 3 heterocycles. The molecule has 35 heavy (non-hydrogen) atoms. The number of imidazole rings is 1. The van der Waals surface area contributed by atoms with E-state index in [-0.39, 0.29) is 30.0 Å². The first-order valence-corrected chi connectivity index (χ1v) is 13.1. The van der Waals surface area contributed by atoms with Crippen LogP contribution in [0.15, 0.2) is 42.9 Å². The molecular formula is C21H24Cl2N5O6P. The molecule has 11 nitrogen and oxygen atoms in total. The Hall–Kier alpha value is -2.27. The van der Waals surface area contributed by atoms with E-state index in [1.807, 2.05) is 0 Å². The maximum absolute atomic E-state index is 13.6. The third-order valence-electron chi connectivity index (χ3n) is 5.65. The first kappa shape index (κ1) is 25.8. The zero-order chi connectivity index (χ0) is 25.4. The van der Waals surface area contributed by atoms with Crippen LogP contribution >= 0.6 is 30.8 Å². The molecule has 0 saturated carbocycles. The maximum atomic E-state index is 13.6. The molecule has 1 aromatic carbocycles. The van der Waals surface area contributed by atoms with Crippen molar-refractivity contribution in [2.45, 2.75) is 36.5 Å². The van der Waals surface area contributed by atoms with Gasteiger partial charge in [-0.1, -0.05) is 48.3 Å². The second-order valence-electron chi connectivity index (χ2n) is 8.24. The minimum absolute atomic E-state index is 0.137. The van der Waals surface area contributed by atoms with Crippen LogP contribution in [0.2, 0.25) is 0 Å². The number of carbonyl (C=O) groups is 1. The topological polar surface area (TPSA) is 151 Å². The lowest BCUT2D eigenvalue weighted by Gasteiger charge is -2.24. The summed E-state index contributed by atoms with van der Waals surface area (Å²) in [5.41, 5.74) is 6.43. The van der Waals surface area contributed by atoms with E-state index in [0.717, 1.165) is 0 Å². The van der Waals surface area contributed by atoms with Gasteiger partial charge >= 0.3 is 7.60 Å². The van der Waals surface area contributed by atoms with E-state index in [1.54, 1.807) is 37.3 Å². The Labute approximate surface area is 211 Å². The number of para-hydroxylation sites is 1. The van der Waals surface area contributed by atoms with Crippen molar-refractivity contribution in [1.29, 1.82) is 0 Å². The number of carbonyl (C=O) groups excluding carboxylic acids is 1. The van der Waals surface area contributed by atoms with Crippen molar-refractivity contribution in [3.05, 3.63) is 48.5 Å². The number of hydrogen-bond acceptors (Lipinski definition) is 10. The van der Waals surface area contributed by atoms with Gasteiger partial charge in [0.05, 0.1) is 24.7 Å².